The molecule has 0 aliphatic carbocycles. The average molecular weight is 404 g/mol. The van der Waals surface area contributed by atoms with E-state index < -0.39 is 15.9 Å². The Morgan fingerprint density at radius 2 is 1.96 bits per heavy atom. The number of carbonyl (C=O) groups is 1. The lowest BCUT2D eigenvalue weighted by Gasteiger charge is -2.08. The molecule has 0 unspecified atom stereocenters. The van der Waals surface area contributed by atoms with Crippen LogP contribution in [0.2, 0.25) is 0 Å². The minimum absolute atomic E-state index is 0.132. The second-order valence-corrected chi connectivity index (χ2v) is 8.39. The van der Waals surface area contributed by atoms with Crippen molar-refractivity contribution < 1.29 is 13.2 Å². The number of hydrogen-bond donors (Lipinski definition) is 3. The van der Waals surface area contributed by atoms with E-state index in [1.165, 1.54) is 23.6 Å². The van der Waals surface area contributed by atoms with Crippen LogP contribution in [0.25, 0.3) is 0 Å². The highest BCUT2D eigenvalue weighted by atomic mass is 32.2. The topological polar surface area (TPSA) is 140 Å². The fourth-order valence-electron chi connectivity index (χ4n) is 2.25. The van der Waals surface area contributed by atoms with Gasteiger partial charge in [-0.2, -0.15) is 0 Å². The van der Waals surface area contributed by atoms with Crippen LogP contribution in [0.4, 0.5) is 16.4 Å². The maximum Gasteiger partial charge on any atom is 0.277 e. The zero-order chi connectivity index (χ0) is 19.6. The Hall–Kier alpha value is -2.89. The normalized spacial score (nSPS) is 11.2. The van der Waals surface area contributed by atoms with Crippen molar-refractivity contribution in [2.45, 2.75) is 18.7 Å². The Morgan fingerprint density at radius 3 is 2.67 bits per heavy atom. The summed E-state index contributed by atoms with van der Waals surface area (Å²) in [5, 5.41) is 12.0. The Kier molecular flexibility index (Phi) is 5.17. The smallest absolute Gasteiger partial charge is 0.277 e. The summed E-state index contributed by atoms with van der Waals surface area (Å²) in [4.78, 5) is 24.7. The number of hydrogen-bond acceptors (Lipinski definition) is 8. The van der Waals surface area contributed by atoms with E-state index in [1.807, 2.05) is 6.92 Å². The number of amides is 1. The molecule has 27 heavy (non-hydrogen) atoms. The van der Waals surface area contributed by atoms with Gasteiger partial charge in [-0.3, -0.25) is 14.8 Å². The van der Waals surface area contributed by atoms with Gasteiger partial charge in [-0.05, 0) is 32.0 Å². The third-order valence-electron chi connectivity index (χ3n) is 3.40. The fraction of sp³-hybridized carbons (Fsp3) is 0.125. The molecule has 3 aromatic heterocycles. The number of aryl methyl sites for hydroxylation is 2. The molecule has 3 heterocycles. The number of primary sulfonamides is 1. The predicted octanol–water partition coefficient (Wildman–Crippen LogP) is 2.19. The standard InChI is InChI=1S/C16H16N6O3S2/c1-9-5-11(3-4-19-9)21-15(23)14-16(26-10(2)20-14)22-12-6-13(8-18-7-12)27(17,24)25/h3-8,22H,1-2H3,(H2,17,24,25)(H,19,21,23). The van der Waals surface area contributed by atoms with Crippen LogP contribution in [0.1, 0.15) is 21.2 Å². The third-order valence-corrected chi connectivity index (χ3v) is 5.17. The molecule has 140 valence electrons. The van der Waals surface area contributed by atoms with Gasteiger partial charge in [-0.25, -0.2) is 18.5 Å². The summed E-state index contributed by atoms with van der Waals surface area (Å²) >= 11 is 1.26. The van der Waals surface area contributed by atoms with E-state index in [0.29, 0.717) is 21.4 Å². The summed E-state index contributed by atoms with van der Waals surface area (Å²) in [5.41, 5.74) is 1.93. The molecule has 0 saturated heterocycles. The molecule has 0 radical (unpaired) electrons. The van der Waals surface area contributed by atoms with Crippen LogP contribution in [0, 0.1) is 13.8 Å². The van der Waals surface area contributed by atoms with E-state index in [-0.39, 0.29) is 10.6 Å². The fourth-order valence-corrected chi connectivity index (χ4v) is 3.59. The summed E-state index contributed by atoms with van der Waals surface area (Å²) in [6.07, 6.45) is 4.18. The second-order valence-electron chi connectivity index (χ2n) is 5.63. The van der Waals surface area contributed by atoms with Gasteiger partial charge < -0.3 is 10.6 Å². The summed E-state index contributed by atoms with van der Waals surface area (Å²) in [7, 11) is -3.88. The zero-order valence-corrected chi connectivity index (χ0v) is 16.1. The van der Waals surface area contributed by atoms with Gasteiger partial charge in [-0.1, -0.05) is 0 Å². The van der Waals surface area contributed by atoms with Gasteiger partial charge in [0.1, 0.15) is 9.90 Å². The van der Waals surface area contributed by atoms with Crippen molar-refractivity contribution in [3.05, 3.63) is 53.2 Å². The van der Waals surface area contributed by atoms with Crippen molar-refractivity contribution >= 4 is 43.6 Å². The van der Waals surface area contributed by atoms with Crippen molar-refractivity contribution in [1.82, 2.24) is 15.0 Å². The quantitative estimate of drug-likeness (QED) is 0.592. The van der Waals surface area contributed by atoms with Crippen LogP contribution in [0.5, 0.6) is 0 Å². The molecular formula is C16H16N6O3S2. The number of pyridine rings is 2. The lowest BCUT2D eigenvalue weighted by molar-refractivity contribution is 0.102. The number of nitrogens with one attached hydrogen (secondary N) is 2. The first-order valence-electron chi connectivity index (χ1n) is 7.69. The molecular weight excluding hydrogens is 388 g/mol. The van der Waals surface area contributed by atoms with E-state index in [0.717, 1.165) is 11.9 Å². The summed E-state index contributed by atoms with van der Waals surface area (Å²) in [6, 6.07) is 4.76. The highest BCUT2D eigenvalue weighted by molar-refractivity contribution is 7.89. The van der Waals surface area contributed by atoms with Gasteiger partial charge in [0.15, 0.2) is 5.69 Å². The molecule has 0 aliphatic heterocycles. The largest absolute Gasteiger partial charge is 0.344 e. The van der Waals surface area contributed by atoms with Crippen LogP contribution in [0.3, 0.4) is 0 Å². The monoisotopic (exact) mass is 404 g/mol. The number of aromatic nitrogens is 3. The number of rotatable bonds is 5. The number of nitrogens with zero attached hydrogens (tertiary/aromatic N) is 3. The lowest BCUT2D eigenvalue weighted by atomic mass is 10.3. The summed E-state index contributed by atoms with van der Waals surface area (Å²) in [5.74, 6) is -0.400. The van der Waals surface area contributed by atoms with Gasteiger partial charge in [0.05, 0.1) is 16.9 Å². The molecule has 9 nitrogen and oxygen atoms in total. The first-order chi connectivity index (χ1) is 12.7. The van der Waals surface area contributed by atoms with Crippen molar-refractivity contribution in [1.29, 1.82) is 0 Å². The highest BCUT2D eigenvalue weighted by Crippen LogP contribution is 2.29. The molecule has 0 spiro atoms. The van der Waals surface area contributed by atoms with Gasteiger partial charge in [0.25, 0.3) is 5.91 Å². The number of sulfonamides is 1. The van der Waals surface area contributed by atoms with Crippen LogP contribution in [-0.2, 0) is 10.0 Å². The van der Waals surface area contributed by atoms with E-state index in [1.54, 1.807) is 25.3 Å². The lowest BCUT2D eigenvalue weighted by Crippen LogP contribution is -2.14. The SMILES string of the molecule is Cc1cc(NC(=O)c2nc(C)sc2Nc2cncc(S(N)(=O)=O)c2)ccn1. The predicted molar refractivity (Wildman–Crippen MR) is 103 cm³/mol. The van der Waals surface area contributed by atoms with Crippen molar-refractivity contribution in [2.24, 2.45) is 5.14 Å². The van der Waals surface area contributed by atoms with E-state index in [9.17, 15) is 13.2 Å². The number of carbonyl (C=O) groups excluding carboxylic acids is 1. The highest BCUT2D eigenvalue weighted by Gasteiger charge is 2.18. The van der Waals surface area contributed by atoms with Crippen LogP contribution in [0.15, 0.2) is 41.7 Å². The van der Waals surface area contributed by atoms with Gasteiger partial charge in [0, 0.05) is 23.8 Å². The summed E-state index contributed by atoms with van der Waals surface area (Å²) in [6.45, 7) is 3.59. The maximum atomic E-state index is 12.6. The minimum Gasteiger partial charge on any atom is -0.344 e. The molecule has 1 amide bonds. The number of thiazole rings is 1. The molecule has 11 heteroatoms. The van der Waals surface area contributed by atoms with E-state index in [2.05, 4.69) is 25.6 Å². The van der Waals surface area contributed by atoms with Gasteiger partial charge >= 0.3 is 0 Å². The molecule has 0 atom stereocenters. The Bertz CT molecular complexity index is 1110. The van der Waals surface area contributed by atoms with Crippen molar-refractivity contribution in [3.8, 4) is 0 Å². The van der Waals surface area contributed by atoms with E-state index >= 15 is 0 Å². The molecule has 3 aromatic rings. The first kappa shape index (κ1) is 18.9. The third kappa shape index (κ3) is 4.64. The molecule has 0 aliphatic rings. The van der Waals surface area contributed by atoms with Crippen molar-refractivity contribution in [3.63, 3.8) is 0 Å². The molecule has 3 rings (SSSR count). The summed E-state index contributed by atoms with van der Waals surface area (Å²) < 4.78 is 23.0. The Morgan fingerprint density at radius 1 is 1.19 bits per heavy atom. The van der Waals surface area contributed by atoms with Crippen LogP contribution < -0.4 is 15.8 Å². The first-order valence-corrected chi connectivity index (χ1v) is 10.0. The molecule has 4 N–H and O–H groups in total. The van der Waals surface area contributed by atoms with Crippen molar-refractivity contribution in [2.75, 3.05) is 10.6 Å². The molecule has 0 saturated carbocycles. The number of anilines is 3. The van der Waals surface area contributed by atoms with E-state index in [4.69, 9.17) is 5.14 Å². The maximum absolute atomic E-state index is 12.6. The van der Waals surface area contributed by atoms with Crippen LogP contribution >= 0.6 is 11.3 Å². The average Bonchev–Trinajstić information content (AvgIpc) is 2.95. The Labute approximate surface area is 159 Å². The molecule has 0 fully saturated rings. The van der Waals surface area contributed by atoms with Gasteiger partial charge in [-0.15, -0.1) is 11.3 Å². The number of nitrogens with two attached hydrogens (primary N) is 1. The second kappa shape index (κ2) is 7.39. The Balaban J connectivity index is 1.87. The minimum atomic E-state index is -3.88. The van der Waals surface area contributed by atoms with Crippen LogP contribution in [-0.4, -0.2) is 29.3 Å². The zero-order valence-electron chi connectivity index (χ0n) is 14.4. The molecule has 0 bridgehead atoms. The van der Waals surface area contributed by atoms with Gasteiger partial charge in [0.2, 0.25) is 10.0 Å². The molecule has 0 aromatic carbocycles.